The van der Waals surface area contributed by atoms with Crippen molar-refractivity contribution in [3.8, 4) is 0 Å². The molecule has 0 aromatic heterocycles. The molecular weight excluding hydrogens is 214 g/mol. The van der Waals surface area contributed by atoms with E-state index in [4.69, 9.17) is 0 Å². The molecule has 0 aromatic carbocycles. The molecule has 0 aliphatic heterocycles. The molecule has 0 aliphatic rings. The van der Waals surface area contributed by atoms with Crippen LogP contribution in [0.3, 0.4) is 0 Å². The second kappa shape index (κ2) is 6.66. The van der Waals surface area contributed by atoms with Crippen molar-refractivity contribution >= 4 is 16.1 Å². The average Bonchev–Trinajstić information content (AvgIpc) is 2.25. The van der Waals surface area contributed by atoms with Gasteiger partial charge in [0.05, 0.1) is 16.1 Å². The fraction of sp³-hybridized carbons (Fsp3) is 0.833. The van der Waals surface area contributed by atoms with Gasteiger partial charge < -0.3 is 5.32 Å². The third-order valence-corrected chi connectivity index (χ3v) is 11.6. The minimum atomic E-state index is -1.14. The molecule has 0 saturated carbocycles. The van der Waals surface area contributed by atoms with E-state index in [0.29, 0.717) is 0 Å². The minimum Gasteiger partial charge on any atom is -0.322 e. The molecule has 0 spiro atoms. The van der Waals surface area contributed by atoms with Crippen LogP contribution in [0.15, 0.2) is 12.3 Å². The van der Waals surface area contributed by atoms with Crippen LogP contribution in [0.5, 0.6) is 0 Å². The quantitative estimate of drug-likeness (QED) is 0.642. The SMILES string of the molecule is C=C[Si](C)(C)CNC[Si](CC)(CC)CC. The smallest absolute Gasteiger partial charge is 0.0851 e. The molecule has 0 fully saturated rings. The predicted molar refractivity (Wildman–Crippen MR) is 77.7 cm³/mol. The number of hydrogen-bond acceptors (Lipinski definition) is 1. The lowest BCUT2D eigenvalue weighted by atomic mass is 10.9. The van der Waals surface area contributed by atoms with E-state index in [-0.39, 0.29) is 0 Å². The summed E-state index contributed by atoms with van der Waals surface area (Å²) in [5.74, 6) is 0. The van der Waals surface area contributed by atoms with Crippen LogP contribution in [0.4, 0.5) is 0 Å². The van der Waals surface area contributed by atoms with Gasteiger partial charge in [-0.05, 0) is 12.3 Å². The highest BCUT2D eigenvalue weighted by Crippen LogP contribution is 2.19. The summed E-state index contributed by atoms with van der Waals surface area (Å²) in [6.45, 7) is 15.8. The zero-order valence-corrected chi connectivity index (χ0v) is 13.3. The highest BCUT2D eigenvalue weighted by Gasteiger charge is 2.27. The Kier molecular flexibility index (Phi) is 6.72. The molecule has 0 aromatic rings. The third-order valence-electron chi connectivity index (χ3n) is 3.88. The minimum absolute atomic E-state index is 0.953. The van der Waals surface area contributed by atoms with Crippen LogP contribution in [0.25, 0.3) is 0 Å². The Morgan fingerprint density at radius 2 is 1.47 bits per heavy atom. The highest BCUT2D eigenvalue weighted by atomic mass is 28.3. The molecule has 0 rings (SSSR count). The maximum Gasteiger partial charge on any atom is 0.0851 e. The third kappa shape index (κ3) is 5.13. The summed E-state index contributed by atoms with van der Waals surface area (Å²) in [5, 5.41) is 3.72. The van der Waals surface area contributed by atoms with Gasteiger partial charge in [-0.1, -0.05) is 52.0 Å². The molecule has 90 valence electrons. The summed E-state index contributed by atoms with van der Waals surface area (Å²) in [5.41, 5.74) is 2.19. The largest absolute Gasteiger partial charge is 0.322 e. The Hall–Kier alpha value is 0.134. The van der Waals surface area contributed by atoms with Crippen molar-refractivity contribution in [2.75, 3.05) is 12.3 Å². The molecule has 0 heterocycles. The van der Waals surface area contributed by atoms with Gasteiger partial charge in [-0.25, -0.2) is 0 Å². The van der Waals surface area contributed by atoms with E-state index >= 15 is 0 Å². The molecule has 15 heavy (non-hydrogen) atoms. The molecule has 0 amide bonds. The molecule has 1 N–H and O–H groups in total. The summed E-state index contributed by atoms with van der Waals surface area (Å²) in [4.78, 5) is 0. The maximum absolute atomic E-state index is 3.94. The van der Waals surface area contributed by atoms with Crippen molar-refractivity contribution in [1.29, 1.82) is 0 Å². The Morgan fingerprint density at radius 1 is 1.00 bits per heavy atom. The molecule has 0 bridgehead atoms. The molecule has 1 nitrogen and oxygen atoms in total. The van der Waals surface area contributed by atoms with Gasteiger partial charge in [-0.2, -0.15) is 0 Å². The first-order chi connectivity index (χ1) is 6.95. The second-order valence-electron chi connectivity index (χ2n) is 5.36. The van der Waals surface area contributed by atoms with Gasteiger partial charge in [-0.3, -0.25) is 0 Å². The first-order valence-electron chi connectivity index (χ1n) is 6.29. The predicted octanol–water partition coefficient (Wildman–Crippen LogP) is 3.60. The fourth-order valence-electron chi connectivity index (χ4n) is 1.85. The van der Waals surface area contributed by atoms with Gasteiger partial charge in [0, 0.05) is 0 Å². The van der Waals surface area contributed by atoms with E-state index < -0.39 is 16.1 Å². The lowest BCUT2D eigenvalue weighted by Gasteiger charge is -2.30. The summed E-state index contributed by atoms with van der Waals surface area (Å²) in [6.07, 6.45) is 2.51. The molecule has 0 radical (unpaired) electrons. The number of hydrogen-bond donors (Lipinski definition) is 1. The molecule has 0 aliphatic carbocycles. The summed E-state index contributed by atoms with van der Waals surface area (Å²) < 4.78 is 0. The Morgan fingerprint density at radius 3 is 1.80 bits per heavy atom. The van der Waals surface area contributed by atoms with Crippen LogP contribution in [0.1, 0.15) is 20.8 Å². The van der Waals surface area contributed by atoms with Crippen molar-refractivity contribution in [2.24, 2.45) is 0 Å². The Bertz CT molecular complexity index is 178. The van der Waals surface area contributed by atoms with Gasteiger partial charge in [0.15, 0.2) is 0 Å². The van der Waals surface area contributed by atoms with E-state index in [2.05, 4.69) is 51.5 Å². The van der Waals surface area contributed by atoms with Crippen LogP contribution >= 0.6 is 0 Å². The van der Waals surface area contributed by atoms with Crippen LogP contribution in [0, 0.1) is 0 Å². The molecular formula is C12H29NSi2. The zero-order valence-electron chi connectivity index (χ0n) is 11.3. The van der Waals surface area contributed by atoms with Gasteiger partial charge in [0.25, 0.3) is 0 Å². The van der Waals surface area contributed by atoms with Crippen LogP contribution in [-0.4, -0.2) is 28.5 Å². The van der Waals surface area contributed by atoms with Crippen molar-refractivity contribution in [3.05, 3.63) is 12.3 Å². The Balaban J connectivity index is 4.07. The topological polar surface area (TPSA) is 12.0 Å². The normalized spacial score (nSPS) is 12.9. The van der Waals surface area contributed by atoms with Gasteiger partial charge >= 0.3 is 0 Å². The van der Waals surface area contributed by atoms with Crippen LogP contribution in [0.2, 0.25) is 31.2 Å². The lowest BCUT2D eigenvalue weighted by Crippen LogP contribution is -2.48. The number of nitrogens with one attached hydrogen (secondary N) is 1. The van der Waals surface area contributed by atoms with E-state index in [0.717, 1.165) is 0 Å². The highest BCUT2D eigenvalue weighted by molar-refractivity contribution is 6.83. The van der Waals surface area contributed by atoms with Gasteiger partial charge in [0.1, 0.15) is 0 Å². The van der Waals surface area contributed by atoms with Gasteiger partial charge in [0.2, 0.25) is 0 Å². The standard InChI is InChI=1S/C12H29NSi2/c1-7-14(5,6)11-13-12-15(8-2,9-3)10-4/h7,13H,1,8-12H2,2-6H3. The molecule has 3 heteroatoms. The average molecular weight is 244 g/mol. The lowest BCUT2D eigenvalue weighted by molar-refractivity contribution is 0.867. The van der Waals surface area contributed by atoms with Crippen LogP contribution < -0.4 is 5.32 Å². The van der Waals surface area contributed by atoms with E-state index in [1.807, 2.05) is 0 Å². The molecule has 0 unspecified atom stereocenters. The number of rotatable bonds is 8. The Labute approximate surface area is 98.4 Å². The summed E-state index contributed by atoms with van der Waals surface area (Å²) >= 11 is 0. The van der Waals surface area contributed by atoms with Crippen molar-refractivity contribution in [3.63, 3.8) is 0 Å². The molecule has 0 atom stereocenters. The van der Waals surface area contributed by atoms with E-state index in [9.17, 15) is 0 Å². The van der Waals surface area contributed by atoms with Crippen molar-refractivity contribution in [1.82, 2.24) is 5.32 Å². The second-order valence-corrected chi connectivity index (χ2v) is 15.6. The molecule has 0 saturated heterocycles. The zero-order chi connectivity index (χ0) is 11.9. The fourth-order valence-corrected chi connectivity index (χ4v) is 5.92. The van der Waals surface area contributed by atoms with Crippen LogP contribution in [-0.2, 0) is 0 Å². The summed E-state index contributed by atoms with van der Waals surface area (Å²) in [7, 11) is -2.09. The van der Waals surface area contributed by atoms with E-state index in [1.165, 1.54) is 30.5 Å². The van der Waals surface area contributed by atoms with Gasteiger partial charge in [-0.15, -0.1) is 12.3 Å². The van der Waals surface area contributed by atoms with Crippen molar-refractivity contribution < 1.29 is 0 Å². The van der Waals surface area contributed by atoms with E-state index in [1.54, 1.807) is 0 Å². The first-order valence-corrected chi connectivity index (χ1v) is 12.4. The maximum atomic E-state index is 3.94. The monoisotopic (exact) mass is 243 g/mol. The summed E-state index contributed by atoms with van der Waals surface area (Å²) in [6, 6.07) is 4.26. The first kappa shape index (κ1) is 15.1. The van der Waals surface area contributed by atoms with Crippen molar-refractivity contribution in [2.45, 2.75) is 52.0 Å².